The summed E-state index contributed by atoms with van der Waals surface area (Å²) in [6, 6.07) is 16.4. The van der Waals surface area contributed by atoms with Crippen LogP contribution in [0.2, 0.25) is 0 Å². The second kappa shape index (κ2) is 15.2. The number of benzene rings is 2. The monoisotopic (exact) mass is 582 g/mol. The molecule has 3 rings (SSSR count). The number of aliphatic hydroxyl groups is 1. The fourth-order valence-corrected chi connectivity index (χ4v) is 5.30. The molecule has 0 bridgehead atoms. The predicted molar refractivity (Wildman–Crippen MR) is 160 cm³/mol. The lowest BCUT2D eigenvalue weighted by Crippen LogP contribution is -2.42. The lowest BCUT2D eigenvalue weighted by molar-refractivity contribution is -0.167. The number of rotatable bonds is 13. The Kier molecular flexibility index (Phi) is 11.9. The number of nitrogens with one attached hydrogen (secondary N) is 1. The van der Waals surface area contributed by atoms with E-state index in [0.717, 1.165) is 31.2 Å². The highest BCUT2D eigenvalue weighted by Crippen LogP contribution is 2.30. The van der Waals surface area contributed by atoms with Gasteiger partial charge in [-0.05, 0) is 69.1 Å². The summed E-state index contributed by atoms with van der Waals surface area (Å²) in [5.74, 6) is -1.16. The van der Waals surface area contributed by atoms with Gasteiger partial charge in [0, 0.05) is 32.2 Å². The minimum Gasteiger partial charge on any atom is -0.479 e. The Bertz CT molecular complexity index is 1170. The van der Waals surface area contributed by atoms with Gasteiger partial charge in [0.2, 0.25) is 11.5 Å². The number of carboxylic acids is 1. The minimum atomic E-state index is -2.14. The van der Waals surface area contributed by atoms with Gasteiger partial charge in [0.1, 0.15) is 5.60 Å². The standard InChI is InChI=1S/C33H46N2O7/c1-5-10-26(17-20-41-23-33(40,30(37)38)28-13-7-6-8-14-28)29(36)35-18-15-25(16-19-35)27-12-9-11-24(21-27)22-34-31(39)42-32(2,3)4/h6-9,11-14,21,25-26,40H,5,10,15-20,22-23H2,1-4H3,(H,34,39)(H,37,38). The molecule has 1 aliphatic rings. The highest BCUT2D eigenvalue weighted by Gasteiger charge is 2.38. The summed E-state index contributed by atoms with van der Waals surface area (Å²) in [6.07, 6.45) is 3.29. The van der Waals surface area contributed by atoms with Crippen molar-refractivity contribution in [3.05, 3.63) is 71.3 Å². The smallest absolute Gasteiger partial charge is 0.407 e. The molecule has 2 aromatic rings. The zero-order valence-electron chi connectivity index (χ0n) is 25.3. The van der Waals surface area contributed by atoms with Crippen LogP contribution in [0.3, 0.4) is 0 Å². The molecule has 0 radical (unpaired) electrons. The average Bonchev–Trinajstić information content (AvgIpc) is 2.97. The van der Waals surface area contributed by atoms with Gasteiger partial charge in [0.05, 0.1) is 6.61 Å². The van der Waals surface area contributed by atoms with Gasteiger partial charge in [-0.1, -0.05) is 67.9 Å². The van der Waals surface area contributed by atoms with Gasteiger partial charge in [0.15, 0.2) is 0 Å². The quantitative estimate of drug-likeness (QED) is 0.277. The fraction of sp³-hybridized carbons (Fsp3) is 0.545. The van der Waals surface area contributed by atoms with Crippen LogP contribution in [0.1, 0.15) is 82.4 Å². The molecule has 0 aliphatic carbocycles. The lowest BCUT2D eigenvalue weighted by Gasteiger charge is -2.34. The van der Waals surface area contributed by atoms with Crippen LogP contribution in [0, 0.1) is 5.92 Å². The molecule has 1 aliphatic heterocycles. The molecule has 0 spiro atoms. The molecule has 42 heavy (non-hydrogen) atoms. The highest BCUT2D eigenvalue weighted by molar-refractivity contribution is 5.79. The molecule has 2 aromatic carbocycles. The summed E-state index contributed by atoms with van der Waals surface area (Å²) < 4.78 is 11.0. The van der Waals surface area contributed by atoms with Gasteiger partial charge in [0.25, 0.3) is 0 Å². The predicted octanol–water partition coefficient (Wildman–Crippen LogP) is 5.21. The van der Waals surface area contributed by atoms with Gasteiger partial charge in [-0.2, -0.15) is 0 Å². The van der Waals surface area contributed by atoms with Crippen LogP contribution in [0.15, 0.2) is 54.6 Å². The van der Waals surface area contributed by atoms with Crippen LogP contribution >= 0.6 is 0 Å². The van der Waals surface area contributed by atoms with Crippen molar-refractivity contribution < 1.29 is 34.1 Å². The van der Waals surface area contributed by atoms with E-state index in [-0.39, 0.29) is 24.0 Å². The molecule has 3 N–H and O–H groups in total. The summed E-state index contributed by atoms with van der Waals surface area (Å²) >= 11 is 0. The first kappa shape index (κ1) is 33.1. The van der Waals surface area contributed by atoms with Gasteiger partial charge in [-0.15, -0.1) is 0 Å². The minimum absolute atomic E-state index is 0.103. The van der Waals surface area contributed by atoms with E-state index in [4.69, 9.17) is 9.47 Å². The Morgan fingerprint density at radius 3 is 2.33 bits per heavy atom. The molecule has 2 amide bonds. The van der Waals surface area contributed by atoms with Gasteiger partial charge in [-0.25, -0.2) is 9.59 Å². The normalized spacial score (nSPS) is 16.4. The summed E-state index contributed by atoms with van der Waals surface area (Å²) in [5.41, 5.74) is -0.229. The summed E-state index contributed by atoms with van der Waals surface area (Å²) in [7, 11) is 0. The summed E-state index contributed by atoms with van der Waals surface area (Å²) in [5, 5.41) is 23.2. The summed E-state index contributed by atoms with van der Waals surface area (Å²) in [4.78, 5) is 39.2. The molecule has 1 heterocycles. The topological polar surface area (TPSA) is 125 Å². The van der Waals surface area contributed by atoms with Crippen LogP contribution in [-0.4, -0.2) is 65.0 Å². The molecule has 2 atom stereocenters. The number of alkyl carbamates (subject to hydrolysis) is 1. The maximum atomic E-state index is 13.4. The van der Waals surface area contributed by atoms with E-state index in [1.807, 2.05) is 44.7 Å². The first-order valence-corrected chi connectivity index (χ1v) is 14.9. The van der Waals surface area contributed by atoms with E-state index >= 15 is 0 Å². The number of carboxylic acid groups (broad SMARTS) is 1. The number of piperidine rings is 1. The Labute approximate surface area is 249 Å². The molecule has 9 nitrogen and oxygen atoms in total. The second-order valence-electron chi connectivity index (χ2n) is 12.1. The Morgan fingerprint density at radius 2 is 1.71 bits per heavy atom. The third-order valence-electron chi connectivity index (χ3n) is 7.58. The van der Waals surface area contributed by atoms with Crippen molar-refractivity contribution >= 4 is 18.0 Å². The maximum absolute atomic E-state index is 13.4. The van der Waals surface area contributed by atoms with E-state index in [1.165, 1.54) is 5.56 Å². The number of hydrogen-bond donors (Lipinski definition) is 3. The van der Waals surface area contributed by atoms with E-state index in [9.17, 15) is 24.6 Å². The van der Waals surface area contributed by atoms with E-state index in [1.54, 1.807) is 30.3 Å². The number of carbonyl (C=O) groups excluding carboxylic acids is 2. The van der Waals surface area contributed by atoms with Crippen molar-refractivity contribution in [3.63, 3.8) is 0 Å². The molecular formula is C33H46N2O7. The molecular weight excluding hydrogens is 536 g/mol. The molecule has 0 saturated carbocycles. The van der Waals surface area contributed by atoms with Crippen LogP contribution in [0.25, 0.3) is 0 Å². The number of carbonyl (C=O) groups is 3. The zero-order valence-corrected chi connectivity index (χ0v) is 25.3. The Hall–Kier alpha value is -3.43. The zero-order chi connectivity index (χ0) is 30.8. The molecule has 1 saturated heterocycles. The molecule has 0 aromatic heterocycles. The fourth-order valence-electron chi connectivity index (χ4n) is 5.30. The summed E-state index contributed by atoms with van der Waals surface area (Å²) in [6.45, 7) is 9.03. The average molecular weight is 583 g/mol. The van der Waals surface area contributed by atoms with Crippen molar-refractivity contribution in [2.75, 3.05) is 26.3 Å². The number of aliphatic carboxylic acids is 1. The lowest BCUT2D eigenvalue weighted by atomic mass is 9.87. The molecule has 2 unspecified atom stereocenters. The number of likely N-dealkylation sites (tertiary alicyclic amines) is 1. The molecule has 230 valence electrons. The first-order chi connectivity index (χ1) is 19.9. The van der Waals surface area contributed by atoms with E-state index in [0.29, 0.717) is 32.0 Å². The maximum Gasteiger partial charge on any atom is 0.407 e. The number of nitrogens with zero attached hydrogens (tertiary/aromatic N) is 1. The van der Waals surface area contributed by atoms with Crippen LogP contribution in [0.5, 0.6) is 0 Å². The molecule has 1 fully saturated rings. The van der Waals surface area contributed by atoms with Gasteiger partial charge < -0.3 is 29.9 Å². The third-order valence-corrected chi connectivity index (χ3v) is 7.58. The highest BCUT2D eigenvalue weighted by atomic mass is 16.6. The van der Waals surface area contributed by atoms with Crippen LogP contribution in [0.4, 0.5) is 4.79 Å². The van der Waals surface area contributed by atoms with Crippen LogP contribution < -0.4 is 5.32 Å². The van der Waals surface area contributed by atoms with E-state index < -0.39 is 29.9 Å². The number of ether oxygens (including phenoxy) is 2. The van der Waals surface area contributed by atoms with Crippen molar-refractivity contribution in [2.45, 2.75) is 83.5 Å². The Morgan fingerprint density at radius 1 is 1.02 bits per heavy atom. The number of hydrogen-bond acceptors (Lipinski definition) is 6. The third kappa shape index (κ3) is 9.56. The Balaban J connectivity index is 1.49. The largest absolute Gasteiger partial charge is 0.479 e. The van der Waals surface area contributed by atoms with Crippen molar-refractivity contribution in [1.82, 2.24) is 10.2 Å². The van der Waals surface area contributed by atoms with Crippen molar-refractivity contribution in [2.24, 2.45) is 5.92 Å². The van der Waals surface area contributed by atoms with Crippen molar-refractivity contribution in [3.8, 4) is 0 Å². The SMILES string of the molecule is CCCC(CCOCC(O)(C(=O)O)c1ccccc1)C(=O)N1CCC(c2cccc(CNC(=O)OC(C)(C)C)c2)CC1. The van der Waals surface area contributed by atoms with E-state index in [2.05, 4.69) is 17.4 Å². The van der Waals surface area contributed by atoms with Crippen molar-refractivity contribution in [1.29, 1.82) is 0 Å². The first-order valence-electron chi connectivity index (χ1n) is 14.9. The van der Waals surface area contributed by atoms with Crippen LogP contribution in [-0.2, 0) is 31.2 Å². The molecule has 9 heteroatoms. The second-order valence-corrected chi connectivity index (χ2v) is 12.1. The van der Waals surface area contributed by atoms with Gasteiger partial charge >= 0.3 is 12.1 Å². The number of amides is 2. The van der Waals surface area contributed by atoms with Gasteiger partial charge in [-0.3, -0.25) is 4.79 Å².